The first-order valence-corrected chi connectivity index (χ1v) is 9.04. The van der Waals surface area contributed by atoms with Gasteiger partial charge in [0.15, 0.2) is 11.6 Å². The minimum atomic E-state index is 0.0635. The Labute approximate surface area is 155 Å². The highest BCUT2D eigenvalue weighted by Crippen LogP contribution is 2.15. The lowest BCUT2D eigenvalue weighted by atomic mass is 10.1. The van der Waals surface area contributed by atoms with Crippen LogP contribution >= 0.6 is 0 Å². The second kappa shape index (κ2) is 10.4. The summed E-state index contributed by atoms with van der Waals surface area (Å²) in [5, 5.41) is 0. The first-order valence-electron chi connectivity index (χ1n) is 9.04. The van der Waals surface area contributed by atoms with Crippen LogP contribution in [-0.4, -0.2) is 24.8 Å². The van der Waals surface area contributed by atoms with E-state index in [0.29, 0.717) is 24.3 Å². The Balaban J connectivity index is 1.52. The second-order valence-electron chi connectivity index (χ2n) is 6.27. The van der Waals surface area contributed by atoms with E-state index in [9.17, 15) is 9.59 Å². The Morgan fingerprint density at radius 1 is 0.615 bits per heavy atom. The molecular weight excluding hydrogens is 328 g/mol. The molecule has 0 amide bonds. The van der Waals surface area contributed by atoms with Crippen LogP contribution in [0.5, 0.6) is 11.5 Å². The zero-order valence-corrected chi connectivity index (χ0v) is 15.5. The van der Waals surface area contributed by atoms with Gasteiger partial charge in [0.2, 0.25) is 0 Å². The van der Waals surface area contributed by atoms with Crippen molar-refractivity contribution < 1.29 is 19.1 Å². The van der Waals surface area contributed by atoms with Crippen LogP contribution < -0.4 is 9.47 Å². The van der Waals surface area contributed by atoms with Crippen LogP contribution in [0.15, 0.2) is 48.5 Å². The van der Waals surface area contributed by atoms with E-state index in [1.165, 1.54) is 0 Å². The van der Waals surface area contributed by atoms with E-state index in [1.807, 2.05) is 24.3 Å². The SMILES string of the molecule is CC(=O)c1ccc(OCCCCCCOc2ccc(C(C)=O)cc2)cc1. The van der Waals surface area contributed by atoms with E-state index < -0.39 is 0 Å². The molecule has 0 bridgehead atoms. The Kier molecular flexibility index (Phi) is 7.87. The number of Topliss-reactive ketones (excluding diaryl/α,β-unsaturated/α-hetero) is 2. The molecule has 2 aromatic rings. The Morgan fingerprint density at radius 3 is 1.27 bits per heavy atom. The molecule has 0 spiro atoms. The molecule has 0 saturated carbocycles. The first-order chi connectivity index (χ1) is 12.6. The number of ether oxygens (including phenoxy) is 2. The maximum atomic E-state index is 11.2. The van der Waals surface area contributed by atoms with Crippen molar-refractivity contribution in [3.63, 3.8) is 0 Å². The molecule has 138 valence electrons. The van der Waals surface area contributed by atoms with Gasteiger partial charge in [0.05, 0.1) is 13.2 Å². The fraction of sp³-hybridized carbons (Fsp3) is 0.364. The third kappa shape index (κ3) is 6.71. The summed E-state index contributed by atoms with van der Waals surface area (Å²) in [5.74, 6) is 1.72. The van der Waals surface area contributed by atoms with E-state index in [1.54, 1.807) is 38.1 Å². The van der Waals surface area contributed by atoms with Crippen LogP contribution in [0.3, 0.4) is 0 Å². The van der Waals surface area contributed by atoms with Gasteiger partial charge < -0.3 is 9.47 Å². The van der Waals surface area contributed by atoms with Crippen LogP contribution in [0.2, 0.25) is 0 Å². The molecule has 26 heavy (non-hydrogen) atoms. The summed E-state index contributed by atoms with van der Waals surface area (Å²) in [6, 6.07) is 14.5. The monoisotopic (exact) mass is 354 g/mol. The molecule has 0 fully saturated rings. The van der Waals surface area contributed by atoms with Gasteiger partial charge in [-0.05, 0) is 88.1 Å². The maximum absolute atomic E-state index is 11.2. The average molecular weight is 354 g/mol. The summed E-state index contributed by atoms with van der Waals surface area (Å²) in [5.41, 5.74) is 1.40. The van der Waals surface area contributed by atoms with Crippen molar-refractivity contribution in [1.82, 2.24) is 0 Å². The van der Waals surface area contributed by atoms with Gasteiger partial charge in [-0.15, -0.1) is 0 Å². The minimum absolute atomic E-state index is 0.0635. The van der Waals surface area contributed by atoms with Gasteiger partial charge in [-0.1, -0.05) is 0 Å². The lowest BCUT2D eigenvalue weighted by molar-refractivity contribution is 0.100. The van der Waals surface area contributed by atoms with Gasteiger partial charge in [0.1, 0.15) is 11.5 Å². The largest absolute Gasteiger partial charge is 0.494 e. The highest BCUT2D eigenvalue weighted by Gasteiger charge is 2.01. The molecule has 2 rings (SSSR count). The summed E-state index contributed by atoms with van der Waals surface area (Å²) in [7, 11) is 0. The molecule has 0 heterocycles. The van der Waals surface area contributed by atoms with Crippen molar-refractivity contribution >= 4 is 11.6 Å². The highest BCUT2D eigenvalue weighted by atomic mass is 16.5. The van der Waals surface area contributed by atoms with Crippen LogP contribution in [0.25, 0.3) is 0 Å². The summed E-state index contributed by atoms with van der Waals surface area (Å²) >= 11 is 0. The van der Waals surface area contributed by atoms with Crippen molar-refractivity contribution in [2.45, 2.75) is 39.5 Å². The van der Waals surface area contributed by atoms with Crippen LogP contribution in [0.4, 0.5) is 0 Å². The van der Waals surface area contributed by atoms with Gasteiger partial charge in [-0.2, -0.15) is 0 Å². The van der Waals surface area contributed by atoms with Gasteiger partial charge >= 0.3 is 0 Å². The molecule has 0 atom stereocenters. The standard InChI is InChI=1S/C22H26O4/c1-17(23)19-7-11-21(12-8-19)25-15-5-3-4-6-16-26-22-13-9-20(10-14-22)18(2)24/h7-14H,3-6,15-16H2,1-2H3. The minimum Gasteiger partial charge on any atom is -0.494 e. The molecule has 0 N–H and O–H groups in total. The lowest BCUT2D eigenvalue weighted by Crippen LogP contribution is -2.00. The number of hydrogen-bond donors (Lipinski definition) is 0. The lowest BCUT2D eigenvalue weighted by Gasteiger charge is -2.08. The molecule has 0 radical (unpaired) electrons. The molecular formula is C22H26O4. The molecule has 0 saturated heterocycles. The van der Waals surface area contributed by atoms with Crippen molar-refractivity contribution in [3.8, 4) is 11.5 Å². The summed E-state index contributed by atoms with van der Waals surface area (Å²) in [4.78, 5) is 22.4. The Morgan fingerprint density at radius 2 is 0.962 bits per heavy atom. The number of unbranched alkanes of at least 4 members (excludes halogenated alkanes) is 3. The van der Waals surface area contributed by atoms with Crippen molar-refractivity contribution in [2.24, 2.45) is 0 Å². The number of carbonyl (C=O) groups is 2. The first kappa shape index (κ1) is 19.7. The van der Waals surface area contributed by atoms with Gasteiger partial charge in [-0.25, -0.2) is 0 Å². The molecule has 0 aliphatic carbocycles. The van der Waals surface area contributed by atoms with Gasteiger partial charge in [0, 0.05) is 11.1 Å². The summed E-state index contributed by atoms with van der Waals surface area (Å²) in [6.07, 6.45) is 4.14. The summed E-state index contributed by atoms with van der Waals surface area (Å²) in [6.45, 7) is 4.46. The smallest absolute Gasteiger partial charge is 0.159 e. The number of hydrogen-bond acceptors (Lipinski definition) is 4. The van der Waals surface area contributed by atoms with Crippen molar-refractivity contribution in [2.75, 3.05) is 13.2 Å². The average Bonchev–Trinajstić information content (AvgIpc) is 2.64. The fourth-order valence-corrected chi connectivity index (χ4v) is 2.51. The third-order valence-electron chi connectivity index (χ3n) is 4.10. The van der Waals surface area contributed by atoms with E-state index >= 15 is 0 Å². The van der Waals surface area contributed by atoms with E-state index in [4.69, 9.17) is 9.47 Å². The number of rotatable bonds is 11. The molecule has 4 heteroatoms. The molecule has 0 aromatic heterocycles. The highest BCUT2D eigenvalue weighted by molar-refractivity contribution is 5.94. The summed E-state index contributed by atoms with van der Waals surface area (Å²) < 4.78 is 11.4. The molecule has 4 nitrogen and oxygen atoms in total. The number of carbonyl (C=O) groups excluding carboxylic acids is 2. The quantitative estimate of drug-likeness (QED) is 0.416. The fourth-order valence-electron chi connectivity index (χ4n) is 2.51. The third-order valence-corrected chi connectivity index (χ3v) is 4.10. The molecule has 0 aliphatic heterocycles. The number of benzene rings is 2. The molecule has 0 aliphatic rings. The Bertz CT molecular complexity index is 638. The molecule has 0 unspecified atom stereocenters. The normalized spacial score (nSPS) is 10.4. The number of ketones is 2. The van der Waals surface area contributed by atoms with Crippen LogP contribution in [0.1, 0.15) is 60.2 Å². The van der Waals surface area contributed by atoms with Crippen LogP contribution in [0, 0.1) is 0 Å². The van der Waals surface area contributed by atoms with Gasteiger partial charge in [-0.3, -0.25) is 9.59 Å². The topological polar surface area (TPSA) is 52.6 Å². The second-order valence-corrected chi connectivity index (χ2v) is 6.27. The predicted molar refractivity (Wildman–Crippen MR) is 102 cm³/mol. The Hall–Kier alpha value is -2.62. The zero-order chi connectivity index (χ0) is 18.8. The van der Waals surface area contributed by atoms with Crippen molar-refractivity contribution in [3.05, 3.63) is 59.7 Å². The van der Waals surface area contributed by atoms with Crippen molar-refractivity contribution in [1.29, 1.82) is 0 Å². The van der Waals surface area contributed by atoms with E-state index in [2.05, 4.69) is 0 Å². The van der Waals surface area contributed by atoms with Gasteiger partial charge in [0.25, 0.3) is 0 Å². The molecule has 2 aromatic carbocycles. The maximum Gasteiger partial charge on any atom is 0.159 e. The zero-order valence-electron chi connectivity index (χ0n) is 15.5. The van der Waals surface area contributed by atoms with Crippen LogP contribution in [-0.2, 0) is 0 Å². The van der Waals surface area contributed by atoms with E-state index in [0.717, 1.165) is 37.2 Å². The predicted octanol–water partition coefficient (Wildman–Crippen LogP) is 5.11. The van der Waals surface area contributed by atoms with E-state index in [-0.39, 0.29) is 11.6 Å².